The number of halogens is 1. The third kappa shape index (κ3) is 3.99. The van der Waals surface area contributed by atoms with Crippen molar-refractivity contribution in [3.63, 3.8) is 0 Å². The van der Waals surface area contributed by atoms with Gasteiger partial charge in [0.1, 0.15) is 5.82 Å². The minimum absolute atomic E-state index is 0.362. The van der Waals surface area contributed by atoms with Crippen molar-refractivity contribution in [1.82, 2.24) is 5.43 Å². The van der Waals surface area contributed by atoms with E-state index in [0.717, 1.165) is 12.0 Å². The van der Waals surface area contributed by atoms with Crippen LogP contribution in [0.5, 0.6) is 0 Å². The van der Waals surface area contributed by atoms with Crippen LogP contribution in [0.25, 0.3) is 0 Å². The van der Waals surface area contributed by atoms with Crippen molar-refractivity contribution in [3.8, 4) is 0 Å². The zero-order valence-corrected chi connectivity index (χ0v) is 12.1. The summed E-state index contributed by atoms with van der Waals surface area (Å²) in [6.45, 7) is 3.92. The Morgan fingerprint density at radius 1 is 1.05 bits per heavy atom. The van der Waals surface area contributed by atoms with Gasteiger partial charge in [-0.25, -0.2) is 9.82 Å². The molecular weight excluding hydrogens is 267 g/mol. The quantitative estimate of drug-likeness (QED) is 0.677. The first-order valence-corrected chi connectivity index (χ1v) is 6.79. The monoisotopic (exact) mass is 284 g/mol. The molecule has 1 amide bonds. The van der Waals surface area contributed by atoms with E-state index < -0.39 is 0 Å². The molecule has 0 atom stereocenters. The molecule has 0 heterocycles. The number of aryl methyl sites for hydroxylation is 1. The molecule has 0 radical (unpaired) electrons. The average Bonchev–Trinajstić information content (AvgIpc) is 2.53. The predicted octanol–water partition coefficient (Wildman–Crippen LogP) is 3.54. The Morgan fingerprint density at radius 3 is 2.19 bits per heavy atom. The summed E-state index contributed by atoms with van der Waals surface area (Å²) < 4.78 is 12.8. The third-order valence-electron chi connectivity index (χ3n) is 3.21. The number of nitrogens with zero attached hydrogens (tertiary/aromatic N) is 1. The summed E-state index contributed by atoms with van der Waals surface area (Å²) in [5.74, 6) is -0.734. The maximum Gasteiger partial charge on any atom is 0.271 e. The Labute approximate surface area is 123 Å². The van der Waals surface area contributed by atoms with Gasteiger partial charge < -0.3 is 0 Å². The first-order chi connectivity index (χ1) is 10.1. The van der Waals surface area contributed by atoms with E-state index in [4.69, 9.17) is 0 Å². The normalized spacial score (nSPS) is 11.3. The summed E-state index contributed by atoms with van der Waals surface area (Å²) in [4.78, 5) is 11.9. The van der Waals surface area contributed by atoms with Gasteiger partial charge in [0, 0.05) is 5.56 Å². The van der Waals surface area contributed by atoms with Gasteiger partial charge in [-0.2, -0.15) is 5.10 Å². The van der Waals surface area contributed by atoms with Crippen molar-refractivity contribution >= 4 is 11.6 Å². The Morgan fingerprint density at radius 2 is 1.62 bits per heavy atom. The average molecular weight is 284 g/mol. The summed E-state index contributed by atoms with van der Waals surface area (Å²) in [5.41, 5.74) is 5.76. The lowest BCUT2D eigenvalue weighted by molar-refractivity contribution is 0.0955. The summed E-state index contributed by atoms with van der Waals surface area (Å²) in [7, 11) is 0. The molecule has 0 saturated heterocycles. The van der Waals surface area contributed by atoms with E-state index in [9.17, 15) is 9.18 Å². The number of nitrogens with one attached hydrogen (secondary N) is 1. The van der Waals surface area contributed by atoms with Crippen molar-refractivity contribution in [2.45, 2.75) is 20.3 Å². The molecule has 0 spiro atoms. The van der Waals surface area contributed by atoms with Crippen molar-refractivity contribution in [1.29, 1.82) is 0 Å². The predicted molar refractivity (Wildman–Crippen MR) is 81.9 cm³/mol. The fourth-order valence-electron chi connectivity index (χ4n) is 1.85. The summed E-state index contributed by atoms with van der Waals surface area (Å²) in [6, 6.07) is 13.4. The SMILES string of the molecule is CCc1ccc(/C(C)=N\NC(=O)c2ccc(F)cc2)cc1. The van der Waals surface area contributed by atoms with Crippen LogP contribution in [0.4, 0.5) is 4.39 Å². The van der Waals surface area contributed by atoms with Gasteiger partial charge in [0.25, 0.3) is 5.91 Å². The van der Waals surface area contributed by atoms with E-state index in [0.29, 0.717) is 11.3 Å². The maximum atomic E-state index is 12.8. The van der Waals surface area contributed by atoms with Gasteiger partial charge >= 0.3 is 0 Å². The van der Waals surface area contributed by atoms with Crippen LogP contribution in [-0.4, -0.2) is 11.6 Å². The van der Waals surface area contributed by atoms with Crippen LogP contribution >= 0.6 is 0 Å². The zero-order valence-electron chi connectivity index (χ0n) is 12.1. The Hall–Kier alpha value is -2.49. The van der Waals surface area contributed by atoms with Gasteiger partial charge in [-0.3, -0.25) is 4.79 Å². The number of amides is 1. The van der Waals surface area contributed by atoms with Crippen molar-refractivity contribution < 1.29 is 9.18 Å². The van der Waals surface area contributed by atoms with Crippen LogP contribution in [-0.2, 0) is 6.42 Å². The zero-order chi connectivity index (χ0) is 15.2. The van der Waals surface area contributed by atoms with E-state index in [1.165, 1.54) is 29.8 Å². The van der Waals surface area contributed by atoms with Gasteiger partial charge in [0.2, 0.25) is 0 Å². The number of benzene rings is 2. The molecule has 0 aliphatic carbocycles. The lowest BCUT2D eigenvalue weighted by atomic mass is 10.1. The fourth-order valence-corrected chi connectivity index (χ4v) is 1.85. The minimum Gasteiger partial charge on any atom is -0.267 e. The van der Waals surface area contributed by atoms with Crippen LogP contribution in [0.15, 0.2) is 53.6 Å². The van der Waals surface area contributed by atoms with Crippen LogP contribution in [0, 0.1) is 5.82 Å². The first kappa shape index (κ1) is 14.9. The van der Waals surface area contributed by atoms with E-state index in [-0.39, 0.29) is 11.7 Å². The molecule has 3 nitrogen and oxygen atoms in total. The van der Waals surface area contributed by atoms with E-state index >= 15 is 0 Å². The van der Waals surface area contributed by atoms with E-state index in [2.05, 4.69) is 17.5 Å². The second kappa shape index (κ2) is 6.79. The molecule has 1 N–H and O–H groups in total. The smallest absolute Gasteiger partial charge is 0.267 e. The lowest BCUT2D eigenvalue weighted by Gasteiger charge is -2.04. The van der Waals surface area contributed by atoms with Crippen LogP contribution in [0.1, 0.15) is 35.3 Å². The molecule has 108 valence electrons. The van der Waals surface area contributed by atoms with Gasteiger partial charge in [-0.15, -0.1) is 0 Å². The van der Waals surface area contributed by atoms with Gasteiger partial charge in [0.15, 0.2) is 0 Å². The van der Waals surface area contributed by atoms with Gasteiger partial charge in [-0.05, 0) is 48.7 Å². The largest absolute Gasteiger partial charge is 0.271 e. The highest BCUT2D eigenvalue weighted by Crippen LogP contribution is 2.06. The molecule has 0 aliphatic heterocycles. The summed E-state index contributed by atoms with van der Waals surface area (Å²) in [6.07, 6.45) is 0.984. The highest BCUT2D eigenvalue weighted by Gasteiger charge is 2.05. The highest BCUT2D eigenvalue weighted by molar-refractivity contribution is 6.00. The summed E-state index contributed by atoms with van der Waals surface area (Å²) in [5, 5.41) is 4.07. The molecule has 21 heavy (non-hydrogen) atoms. The van der Waals surface area contributed by atoms with Gasteiger partial charge in [-0.1, -0.05) is 31.2 Å². The molecule has 2 rings (SSSR count). The number of hydrogen-bond acceptors (Lipinski definition) is 2. The van der Waals surface area contributed by atoms with Crippen molar-refractivity contribution in [2.75, 3.05) is 0 Å². The summed E-state index contributed by atoms with van der Waals surface area (Å²) >= 11 is 0. The molecule has 2 aromatic carbocycles. The highest BCUT2D eigenvalue weighted by atomic mass is 19.1. The maximum absolute atomic E-state index is 12.8. The third-order valence-corrected chi connectivity index (χ3v) is 3.21. The second-order valence-corrected chi connectivity index (χ2v) is 4.70. The molecule has 0 fully saturated rings. The second-order valence-electron chi connectivity index (χ2n) is 4.70. The van der Waals surface area contributed by atoms with Crippen molar-refractivity contribution in [3.05, 3.63) is 71.0 Å². The lowest BCUT2D eigenvalue weighted by Crippen LogP contribution is -2.19. The standard InChI is InChI=1S/C17H17FN2O/c1-3-13-4-6-14(7-5-13)12(2)19-20-17(21)15-8-10-16(18)11-9-15/h4-11H,3H2,1-2H3,(H,20,21)/b19-12-. The van der Waals surface area contributed by atoms with E-state index in [1.807, 2.05) is 31.2 Å². The molecule has 0 aliphatic rings. The number of carbonyl (C=O) groups is 1. The molecule has 2 aromatic rings. The molecule has 0 aromatic heterocycles. The molecule has 0 unspecified atom stereocenters. The molecular formula is C17H17FN2O. The van der Waals surface area contributed by atoms with Crippen molar-refractivity contribution in [2.24, 2.45) is 5.10 Å². The molecule has 4 heteroatoms. The number of carbonyl (C=O) groups excluding carboxylic acids is 1. The number of hydrogen-bond donors (Lipinski definition) is 1. The fraction of sp³-hybridized carbons (Fsp3) is 0.176. The minimum atomic E-state index is -0.373. The number of hydrazone groups is 1. The van der Waals surface area contributed by atoms with Gasteiger partial charge in [0.05, 0.1) is 5.71 Å². The Bertz CT molecular complexity index is 645. The van der Waals surface area contributed by atoms with Crippen LogP contribution < -0.4 is 5.43 Å². The molecule has 0 saturated carbocycles. The Balaban J connectivity index is 2.05. The first-order valence-electron chi connectivity index (χ1n) is 6.79. The van der Waals surface area contributed by atoms with Crippen LogP contribution in [0.3, 0.4) is 0 Å². The number of rotatable bonds is 4. The van der Waals surface area contributed by atoms with E-state index in [1.54, 1.807) is 0 Å². The van der Waals surface area contributed by atoms with Crippen LogP contribution in [0.2, 0.25) is 0 Å². The topological polar surface area (TPSA) is 41.5 Å². The molecule has 0 bridgehead atoms. The Kier molecular flexibility index (Phi) is 4.82.